The number of benzene rings is 1. The van der Waals surface area contributed by atoms with Gasteiger partial charge in [-0.2, -0.15) is 5.10 Å². The fourth-order valence-corrected chi connectivity index (χ4v) is 3.93. The van der Waals surface area contributed by atoms with Gasteiger partial charge in [-0.1, -0.05) is 18.2 Å². The van der Waals surface area contributed by atoms with Crippen LogP contribution in [0.2, 0.25) is 0 Å². The zero-order chi connectivity index (χ0) is 19.8. The molecule has 0 radical (unpaired) electrons. The second-order valence-corrected chi connectivity index (χ2v) is 7.55. The van der Waals surface area contributed by atoms with E-state index in [0.717, 1.165) is 38.3 Å². The summed E-state index contributed by atoms with van der Waals surface area (Å²) in [5.41, 5.74) is 1.26. The van der Waals surface area contributed by atoms with Crippen molar-refractivity contribution in [1.82, 2.24) is 24.6 Å². The molecule has 28 heavy (non-hydrogen) atoms. The smallest absolute Gasteiger partial charge is 0.224 e. The van der Waals surface area contributed by atoms with Crippen molar-refractivity contribution < 1.29 is 9.53 Å². The lowest BCUT2D eigenvalue weighted by Gasteiger charge is -2.34. The van der Waals surface area contributed by atoms with E-state index in [2.05, 4.69) is 27.1 Å². The molecule has 1 amide bonds. The first-order valence-corrected chi connectivity index (χ1v) is 10.1. The second kappa shape index (κ2) is 10.2. The number of para-hydroxylation sites is 1. The number of piperidine rings is 1. The quantitative estimate of drug-likeness (QED) is 0.661. The molecular formula is C21H31N5O2. The van der Waals surface area contributed by atoms with Crippen LogP contribution >= 0.6 is 0 Å². The molecule has 0 spiro atoms. The summed E-state index contributed by atoms with van der Waals surface area (Å²) in [4.78, 5) is 20.7. The van der Waals surface area contributed by atoms with Crippen molar-refractivity contribution in [3.8, 4) is 5.75 Å². The predicted molar refractivity (Wildman–Crippen MR) is 108 cm³/mol. The first kappa shape index (κ1) is 20.3. The van der Waals surface area contributed by atoms with Crippen LogP contribution in [-0.2, 0) is 17.8 Å². The van der Waals surface area contributed by atoms with E-state index >= 15 is 0 Å². The molecule has 7 nitrogen and oxygen atoms in total. The number of rotatable bonds is 9. The summed E-state index contributed by atoms with van der Waals surface area (Å²) >= 11 is 0. The molecule has 152 valence electrons. The average molecular weight is 386 g/mol. The van der Waals surface area contributed by atoms with Gasteiger partial charge >= 0.3 is 0 Å². The zero-order valence-corrected chi connectivity index (χ0v) is 17.0. The summed E-state index contributed by atoms with van der Waals surface area (Å²) in [6, 6.07) is 8.24. The van der Waals surface area contributed by atoms with Gasteiger partial charge in [-0.15, -0.1) is 0 Å². The fraction of sp³-hybridized carbons (Fsp3) is 0.571. The van der Waals surface area contributed by atoms with E-state index in [0.29, 0.717) is 18.9 Å². The Morgan fingerprint density at radius 3 is 2.96 bits per heavy atom. The Balaban J connectivity index is 1.43. The van der Waals surface area contributed by atoms with Crippen LogP contribution in [0, 0.1) is 5.92 Å². The van der Waals surface area contributed by atoms with Crippen LogP contribution in [0.1, 0.15) is 24.8 Å². The van der Waals surface area contributed by atoms with Crippen LogP contribution in [0.4, 0.5) is 0 Å². The molecule has 1 saturated heterocycles. The van der Waals surface area contributed by atoms with Crippen LogP contribution in [0.5, 0.6) is 5.75 Å². The number of hydrogen-bond acceptors (Lipinski definition) is 5. The van der Waals surface area contributed by atoms with E-state index in [9.17, 15) is 4.79 Å². The number of nitrogens with zero attached hydrogens (tertiary/aromatic N) is 5. The van der Waals surface area contributed by atoms with Crippen LogP contribution in [0.3, 0.4) is 0 Å². The number of likely N-dealkylation sites (tertiary alicyclic amines) is 1. The van der Waals surface area contributed by atoms with Gasteiger partial charge in [0.25, 0.3) is 0 Å². The fourth-order valence-electron chi connectivity index (χ4n) is 3.93. The highest BCUT2D eigenvalue weighted by Gasteiger charge is 2.22. The van der Waals surface area contributed by atoms with E-state index in [4.69, 9.17) is 4.74 Å². The largest absolute Gasteiger partial charge is 0.496 e. The monoisotopic (exact) mass is 385 g/mol. The summed E-state index contributed by atoms with van der Waals surface area (Å²) in [5, 5.41) is 4.05. The average Bonchev–Trinajstić information content (AvgIpc) is 3.24. The highest BCUT2D eigenvalue weighted by molar-refractivity contribution is 5.75. The molecule has 1 fully saturated rings. The van der Waals surface area contributed by atoms with Crippen molar-refractivity contribution in [2.24, 2.45) is 5.92 Å². The maximum atomic E-state index is 12.4. The molecule has 0 N–H and O–H groups in total. The molecule has 0 aliphatic carbocycles. The van der Waals surface area contributed by atoms with Gasteiger partial charge in [0.15, 0.2) is 0 Å². The molecule has 0 saturated carbocycles. The molecule has 1 aliphatic rings. The van der Waals surface area contributed by atoms with Gasteiger partial charge in [-0.25, -0.2) is 4.98 Å². The van der Waals surface area contributed by atoms with Crippen LogP contribution < -0.4 is 4.74 Å². The standard InChI is InChI=1S/C21H31N5O2/c1-24(21(27)10-13-26-17-22-16-23-26)14-18-6-5-11-25(15-18)12-9-19-7-3-4-8-20(19)28-2/h3-4,7-8,16-18H,5-6,9-15H2,1-2H3/t18-/m0/s1. The highest BCUT2D eigenvalue weighted by Crippen LogP contribution is 2.21. The number of carbonyl (C=O) groups excluding carboxylic acids is 1. The number of aromatic nitrogens is 3. The summed E-state index contributed by atoms with van der Waals surface area (Å²) in [6.07, 6.45) is 6.97. The van der Waals surface area contributed by atoms with E-state index < -0.39 is 0 Å². The van der Waals surface area contributed by atoms with Gasteiger partial charge in [-0.3, -0.25) is 9.48 Å². The van der Waals surface area contributed by atoms with Crippen LogP contribution in [-0.4, -0.2) is 70.8 Å². The maximum absolute atomic E-state index is 12.4. The molecule has 1 atom stereocenters. The number of ether oxygens (including phenoxy) is 1. The van der Waals surface area contributed by atoms with Crippen molar-refractivity contribution in [2.75, 3.05) is 40.3 Å². The van der Waals surface area contributed by atoms with Gasteiger partial charge in [0.2, 0.25) is 5.91 Å². The molecule has 0 bridgehead atoms. The SMILES string of the molecule is COc1ccccc1CCN1CCC[C@@H](CN(C)C(=O)CCn2cncn2)C1. The van der Waals surface area contributed by atoms with Crippen molar-refractivity contribution in [3.63, 3.8) is 0 Å². The third-order valence-corrected chi connectivity index (χ3v) is 5.47. The molecule has 7 heteroatoms. The molecule has 1 aromatic carbocycles. The molecular weight excluding hydrogens is 354 g/mol. The Hall–Kier alpha value is -2.41. The van der Waals surface area contributed by atoms with Gasteiger partial charge < -0.3 is 14.5 Å². The Labute approximate surface area is 167 Å². The van der Waals surface area contributed by atoms with E-state index in [-0.39, 0.29) is 5.91 Å². The normalized spacial score (nSPS) is 17.4. The minimum Gasteiger partial charge on any atom is -0.496 e. The summed E-state index contributed by atoms with van der Waals surface area (Å²) in [5.74, 6) is 1.67. The number of carbonyl (C=O) groups is 1. The van der Waals surface area contributed by atoms with Crippen molar-refractivity contribution in [1.29, 1.82) is 0 Å². The highest BCUT2D eigenvalue weighted by atomic mass is 16.5. The second-order valence-electron chi connectivity index (χ2n) is 7.55. The molecule has 1 aromatic heterocycles. The molecule has 2 heterocycles. The number of methoxy groups -OCH3 is 1. The van der Waals surface area contributed by atoms with E-state index in [1.807, 2.05) is 24.1 Å². The lowest BCUT2D eigenvalue weighted by Crippen LogP contribution is -2.42. The number of aryl methyl sites for hydroxylation is 1. The first-order valence-electron chi connectivity index (χ1n) is 10.1. The number of amides is 1. The minimum atomic E-state index is 0.168. The van der Waals surface area contributed by atoms with Gasteiger partial charge in [0.05, 0.1) is 13.7 Å². The third kappa shape index (κ3) is 5.79. The minimum absolute atomic E-state index is 0.168. The lowest BCUT2D eigenvalue weighted by atomic mass is 9.97. The molecule has 2 aromatic rings. The van der Waals surface area contributed by atoms with Gasteiger partial charge in [-0.05, 0) is 43.4 Å². The van der Waals surface area contributed by atoms with Gasteiger partial charge in [0.1, 0.15) is 18.4 Å². The van der Waals surface area contributed by atoms with Crippen molar-refractivity contribution in [3.05, 3.63) is 42.5 Å². The Morgan fingerprint density at radius 1 is 1.32 bits per heavy atom. The van der Waals surface area contributed by atoms with Crippen LogP contribution in [0.15, 0.2) is 36.9 Å². The molecule has 3 rings (SSSR count). The van der Waals surface area contributed by atoms with E-state index in [1.165, 1.54) is 24.7 Å². The Morgan fingerprint density at radius 2 is 2.18 bits per heavy atom. The topological polar surface area (TPSA) is 63.5 Å². The van der Waals surface area contributed by atoms with Crippen molar-refractivity contribution >= 4 is 5.91 Å². The van der Waals surface area contributed by atoms with Crippen molar-refractivity contribution in [2.45, 2.75) is 32.2 Å². The Bertz CT molecular complexity index is 734. The van der Waals surface area contributed by atoms with E-state index in [1.54, 1.807) is 18.1 Å². The third-order valence-electron chi connectivity index (χ3n) is 5.47. The first-order chi connectivity index (χ1) is 13.7. The summed E-state index contributed by atoms with van der Waals surface area (Å²) in [6.45, 7) is 4.62. The molecule has 0 unspecified atom stereocenters. The maximum Gasteiger partial charge on any atom is 0.224 e. The predicted octanol–water partition coefficient (Wildman–Crippen LogP) is 2.09. The lowest BCUT2D eigenvalue weighted by molar-refractivity contribution is -0.131. The number of hydrogen-bond donors (Lipinski definition) is 0. The summed E-state index contributed by atoms with van der Waals surface area (Å²) < 4.78 is 7.16. The Kier molecular flexibility index (Phi) is 7.42. The molecule has 1 aliphatic heterocycles. The van der Waals surface area contributed by atoms with Gasteiger partial charge in [0, 0.05) is 33.1 Å². The summed E-state index contributed by atoms with van der Waals surface area (Å²) in [7, 11) is 3.64. The van der Waals surface area contributed by atoms with Crippen LogP contribution in [0.25, 0.3) is 0 Å². The zero-order valence-electron chi connectivity index (χ0n) is 17.0.